The van der Waals surface area contributed by atoms with E-state index in [1.165, 1.54) is 38.5 Å². The van der Waals surface area contributed by atoms with Gasteiger partial charge in [0.2, 0.25) is 0 Å². The highest BCUT2D eigenvalue weighted by Crippen LogP contribution is 2.56. The smallest absolute Gasteiger partial charge is 0.180 e. The van der Waals surface area contributed by atoms with Gasteiger partial charge >= 0.3 is 0 Å². The fraction of sp³-hybridized carbons (Fsp3) is 0.550. The highest BCUT2D eigenvalue weighted by Gasteiger charge is 2.51. The first kappa shape index (κ1) is 14.2. The number of aromatic nitrogens is 1. The number of allylic oxidation sites excluding steroid dienone is 1. The summed E-state index contributed by atoms with van der Waals surface area (Å²) in [7, 11) is 0. The Morgan fingerprint density at radius 3 is 2.46 bits per heavy atom. The monoisotopic (exact) mass is 319 g/mol. The lowest BCUT2D eigenvalue weighted by atomic mass is 9.53. The van der Waals surface area contributed by atoms with Gasteiger partial charge in [-0.2, -0.15) is 5.26 Å². The number of carbonyl (C=O) groups is 1. The Morgan fingerprint density at radius 2 is 1.83 bits per heavy atom. The van der Waals surface area contributed by atoms with Crippen molar-refractivity contribution in [1.29, 1.82) is 5.26 Å². The highest BCUT2D eigenvalue weighted by atomic mass is 16.1. The molecule has 0 amide bonds. The number of ketones is 1. The van der Waals surface area contributed by atoms with Crippen LogP contribution in [0.4, 0.5) is 0 Å². The predicted molar refractivity (Wildman–Crippen MR) is 89.5 cm³/mol. The SMILES string of the molecule is N#CC1=C(NC23CC4CC(CC(C4)C2)C3)c2ncccc2CC1=O. The van der Waals surface area contributed by atoms with Crippen LogP contribution in [-0.4, -0.2) is 16.3 Å². The van der Waals surface area contributed by atoms with Gasteiger partial charge < -0.3 is 5.32 Å². The maximum Gasteiger partial charge on any atom is 0.180 e. The van der Waals surface area contributed by atoms with Crippen LogP contribution in [0.1, 0.15) is 49.8 Å². The molecule has 1 aromatic rings. The predicted octanol–water partition coefficient (Wildman–Crippen LogP) is 3.00. The molecule has 0 aromatic carbocycles. The van der Waals surface area contributed by atoms with Gasteiger partial charge in [-0.1, -0.05) is 6.07 Å². The maximum absolute atomic E-state index is 12.4. The van der Waals surface area contributed by atoms with Crippen molar-refractivity contribution in [2.75, 3.05) is 0 Å². The third-order valence-electron chi connectivity index (χ3n) is 6.55. The third kappa shape index (κ3) is 2.04. The Kier molecular flexibility index (Phi) is 2.92. The largest absolute Gasteiger partial charge is 0.377 e. The molecule has 4 bridgehead atoms. The van der Waals surface area contributed by atoms with E-state index >= 15 is 0 Å². The zero-order chi connectivity index (χ0) is 16.3. The van der Waals surface area contributed by atoms with Crippen LogP contribution in [0.3, 0.4) is 0 Å². The Labute approximate surface area is 142 Å². The van der Waals surface area contributed by atoms with E-state index in [0.717, 1.165) is 29.0 Å². The van der Waals surface area contributed by atoms with Crippen LogP contribution in [0, 0.1) is 29.1 Å². The minimum absolute atomic E-state index is 0.0681. The van der Waals surface area contributed by atoms with Crippen molar-refractivity contribution in [2.45, 2.75) is 50.5 Å². The normalized spacial score (nSPS) is 36.5. The lowest BCUT2D eigenvalue weighted by molar-refractivity contribution is -0.114. The molecule has 1 heterocycles. The molecule has 0 saturated heterocycles. The second-order valence-electron chi connectivity index (χ2n) is 8.30. The van der Waals surface area contributed by atoms with Crippen molar-refractivity contribution in [3.8, 4) is 6.07 Å². The zero-order valence-corrected chi connectivity index (χ0v) is 13.7. The summed E-state index contributed by atoms with van der Waals surface area (Å²) in [5.41, 5.74) is 2.79. The molecule has 4 nitrogen and oxygen atoms in total. The summed E-state index contributed by atoms with van der Waals surface area (Å²) in [6.07, 6.45) is 9.70. The minimum Gasteiger partial charge on any atom is -0.377 e. The Bertz CT molecular complexity index is 766. The molecule has 24 heavy (non-hydrogen) atoms. The molecule has 6 rings (SSSR count). The number of hydrogen-bond donors (Lipinski definition) is 1. The first-order chi connectivity index (χ1) is 11.7. The third-order valence-corrected chi connectivity index (χ3v) is 6.55. The van der Waals surface area contributed by atoms with Gasteiger partial charge in [0.15, 0.2) is 5.78 Å². The van der Waals surface area contributed by atoms with Gasteiger partial charge in [0.25, 0.3) is 0 Å². The number of hydrogen-bond acceptors (Lipinski definition) is 4. The van der Waals surface area contributed by atoms with E-state index in [-0.39, 0.29) is 23.3 Å². The van der Waals surface area contributed by atoms with Crippen molar-refractivity contribution in [2.24, 2.45) is 17.8 Å². The van der Waals surface area contributed by atoms with Crippen molar-refractivity contribution >= 4 is 11.5 Å². The molecule has 4 fully saturated rings. The molecule has 0 radical (unpaired) electrons. The van der Waals surface area contributed by atoms with E-state index in [0.29, 0.717) is 5.70 Å². The molecule has 1 aromatic heterocycles. The Morgan fingerprint density at radius 1 is 1.17 bits per heavy atom. The van der Waals surface area contributed by atoms with Crippen LogP contribution in [-0.2, 0) is 11.2 Å². The fourth-order valence-electron chi connectivity index (χ4n) is 6.09. The van der Waals surface area contributed by atoms with Crippen LogP contribution in [0.15, 0.2) is 23.9 Å². The number of carbonyl (C=O) groups excluding carboxylic acids is 1. The molecule has 4 saturated carbocycles. The number of nitrogens with one attached hydrogen (secondary N) is 1. The number of pyridine rings is 1. The molecule has 1 N–H and O–H groups in total. The molecule has 122 valence electrons. The summed E-state index contributed by atoms with van der Waals surface area (Å²) in [6.45, 7) is 0. The van der Waals surface area contributed by atoms with E-state index in [9.17, 15) is 10.1 Å². The Balaban J connectivity index is 1.58. The van der Waals surface area contributed by atoms with Crippen molar-refractivity contribution in [1.82, 2.24) is 10.3 Å². The van der Waals surface area contributed by atoms with Crippen LogP contribution >= 0.6 is 0 Å². The van der Waals surface area contributed by atoms with Crippen molar-refractivity contribution in [3.63, 3.8) is 0 Å². The Hall–Kier alpha value is -2.15. The van der Waals surface area contributed by atoms with E-state index in [1.54, 1.807) is 6.20 Å². The van der Waals surface area contributed by atoms with Crippen LogP contribution in [0.5, 0.6) is 0 Å². The molecule has 5 aliphatic carbocycles. The number of rotatable bonds is 2. The average molecular weight is 319 g/mol. The van der Waals surface area contributed by atoms with Gasteiger partial charge in [-0.25, -0.2) is 0 Å². The maximum atomic E-state index is 12.4. The summed E-state index contributed by atoms with van der Waals surface area (Å²) in [5, 5.41) is 13.3. The molecule has 0 unspecified atom stereocenters. The highest BCUT2D eigenvalue weighted by molar-refractivity contribution is 6.09. The van der Waals surface area contributed by atoms with Crippen LogP contribution in [0.2, 0.25) is 0 Å². The van der Waals surface area contributed by atoms with Crippen molar-refractivity contribution < 1.29 is 4.79 Å². The van der Waals surface area contributed by atoms with E-state index < -0.39 is 0 Å². The second kappa shape index (κ2) is 4.92. The summed E-state index contributed by atoms with van der Waals surface area (Å²) in [4.78, 5) is 16.9. The van der Waals surface area contributed by atoms with Gasteiger partial charge in [0.1, 0.15) is 11.6 Å². The molecule has 0 atom stereocenters. The van der Waals surface area contributed by atoms with E-state index in [4.69, 9.17) is 0 Å². The quantitative estimate of drug-likeness (QED) is 0.910. The number of Topliss-reactive ketones (excluding diaryl/α,β-unsaturated/α-hetero) is 1. The zero-order valence-electron chi connectivity index (χ0n) is 13.7. The summed E-state index contributed by atoms with van der Waals surface area (Å²) in [6, 6.07) is 5.98. The molecule has 0 spiro atoms. The van der Waals surface area contributed by atoms with Crippen LogP contribution in [0.25, 0.3) is 5.70 Å². The minimum atomic E-state index is -0.0785. The van der Waals surface area contributed by atoms with Gasteiger partial charge in [-0.05, 0) is 67.9 Å². The van der Waals surface area contributed by atoms with Crippen molar-refractivity contribution in [3.05, 3.63) is 35.2 Å². The first-order valence-electron chi connectivity index (χ1n) is 9.06. The molecular weight excluding hydrogens is 298 g/mol. The lowest BCUT2D eigenvalue weighted by Crippen LogP contribution is -2.58. The number of nitriles is 1. The van der Waals surface area contributed by atoms with Gasteiger partial charge in [-0.15, -0.1) is 0 Å². The van der Waals surface area contributed by atoms with Gasteiger partial charge in [-0.3, -0.25) is 9.78 Å². The summed E-state index contributed by atoms with van der Waals surface area (Å²) < 4.78 is 0. The number of nitrogens with zero attached hydrogens (tertiary/aromatic N) is 2. The molecule has 0 aliphatic heterocycles. The van der Waals surface area contributed by atoms with E-state index in [2.05, 4.69) is 16.4 Å². The molecule has 5 aliphatic rings. The standard InChI is InChI=1S/C20H21N3O/c21-11-16-17(24)7-15-2-1-3-22-18(15)19(16)23-20-8-12-4-13(9-20)6-14(5-12)10-20/h1-3,12-14,23H,4-10H2. The van der Waals surface area contributed by atoms with E-state index in [1.807, 2.05) is 12.1 Å². The topological polar surface area (TPSA) is 65.8 Å². The number of fused-ring (bicyclic) bond motifs is 1. The summed E-state index contributed by atoms with van der Waals surface area (Å²) in [5.74, 6) is 2.37. The van der Waals surface area contributed by atoms with Crippen LogP contribution < -0.4 is 5.32 Å². The lowest BCUT2D eigenvalue weighted by Gasteiger charge is -2.57. The molecule has 4 heteroatoms. The van der Waals surface area contributed by atoms with Gasteiger partial charge in [0.05, 0.1) is 11.4 Å². The van der Waals surface area contributed by atoms with Gasteiger partial charge in [0, 0.05) is 18.2 Å². The second-order valence-corrected chi connectivity index (χ2v) is 8.30. The molecular formula is C20H21N3O. The fourth-order valence-corrected chi connectivity index (χ4v) is 6.09. The average Bonchev–Trinajstić information content (AvgIpc) is 2.53. The summed E-state index contributed by atoms with van der Waals surface area (Å²) >= 11 is 0. The first-order valence-corrected chi connectivity index (χ1v) is 9.06.